The van der Waals surface area contributed by atoms with Crippen LogP contribution in [0, 0.1) is 5.92 Å². The van der Waals surface area contributed by atoms with Crippen LogP contribution in [0.3, 0.4) is 0 Å². The van der Waals surface area contributed by atoms with Gasteiger partial charge in [0, 0.05) is 4.47 Å². The van der Waals surface area contributed by atoms with Gasteiger partial charge in [-0.25, -0.2) is 4.79 Å². The summed E-state index contributed by atoms with van der Waals surface area (Å²) >= 11 is 3.32. The summed E-state index contributed by atoms with van der Waals surface area (Å²) in [6.45, 7) is 4.83. The van der Waals surface area contributed by atoms with E-state index in [4.69, 9.17) is 4.74 Å². The van der Waals surface area contributed by atoms with E-state index >= 15 is 0 Å². The van der Waals surface area contributed by atoms with E-state index in [9.17, 15) is 4.79 Å². The highest BCUT2D eigenvalue weighted by molar-refractivity contribution is 9.10. The number of rotatable bonds is 5. The predicted octanol–water partition coefficient (Wildman–Crippen LogP) is 4.04. The maximum atomic E-state index is 11.6. The lowest BCUT2D eigenvalue weighted by atomic mass is 10.1. The van der Waals surface area contributed by atoms with E-state index in [0.717, 1.165) is 17.3 Å². The van der Waals surface area contributed by atoms with Crippen LogP contribution in [-0.2, 0) is 4.74 Å². The normalized spacial score (nSPS) is 10.5. The van der Waals surface area contributed by atoms with Gasteiger partial charge in [-0.3, -0.25) is 0 Å². The molecular formula is C13H17BrO2. The molecule has 0 saturated carbocycles. The van der Waals surface area contributed by atoms with Gasteiger partial charge in [0.05, 0.1) is 12.2 Å². The molecule has 0 atom stereocenters. The number of ether oxygens (including phenoxy) is 1. The second-order valence-corrected chi connectivity index (χ2v) is 5.10. The van der Waals surface area contributed by atoms with Crippen molar-refractivity contribution in [2.75, 3.05) is 6.61 Å². The van der Waals surface area contributed by atoms with Crippen LogP contribution >= 0.6 is 15.9 Å². The molecule has 0 unspecified atom stereocenters. The Balaban J connectivity index is 2.35. The Bertz CT molecular complexity index is 348. The largest absolute Gasteiger partial charge is 0.462 e. The quantitative estimate of drug-likeness (QED) is 0.603. The first-order valence-electron chi connectivity index (χ1n) is 5.52. The van der Waals surface area contributed by atoms with Crippen molar-refractivity contribution in [2.45, 2.75) is 26.7 Å². The minimum absolute atomic E-state index is 0.245. The van der Waals surface area contributed by atoms with Gasteiger partial charge in [-0.05, 0) is 37.0 Å². The molecule has 0 aliphatic rings. The van der Waals surface area contributed by atoms with Crippen LogP contribution in [-0.4, -0.2) is 12.6 Å². The predicted molar refractivity (Wildman–Crippen MR) is 68.5 cm³/mol. The maximum absolute atomic E-state index is 11.6. The summed E-state index contributed by atoms with van der Waals surface area (Å²) in [6, 6.07) is 7.24. The first-order valence-corrected chi connectivity index (χ1v) is 6.31. The molecule has 88 valence electrons. The molecule has 0 fully saturated rings. The van der Waals surface area contributed by atoms with E-state index in [1.807, 2.05) is 12.1 Å². The molecule has 1 aromatic carbocycles. The number of carbonyl (C=O) groups excluding carboxylic acids is 1. The summed E-state index contributed by atoms with van der Waals surface area (Å²) in [5.74, 6) is 0.412. The average molecular weight is 285 g/mol. The summed E-state index contributed by atoms with van der Waals surface area (Å²) in [6.07, 6.45) is 2.02. The molecule has 0 spiro atoms. The summed E-state index contributed by atoms with van der Waals surface area (Å²) < 4.78 is 6.07. The maximum Gasteiger partial charge on any atom is 0.338 e. The smallest absolute Gasteiger partial charge is 0.338 e. The van der Waals surface area contributed by atoms with E-state index in [1.54, 1.807) is 12.1 Å². The van der Waals surface area contributed by atoms with Crippen LogP contribution in [0.1, 0.15) is 37.0 Å². The molecule has 0 amide bonds. The summed E-state index contributed by atoms with van der Waals surface area (Å²) in [4.78, 5) is 11.6. The lowest BCUT2D eigenvalue weighted by Gasteiger charge is -2.06. The fourth-order valence-corrected chi connectivity index (χ4v) is 1.75. The van der Waals surface area contributed by atoms with E-state index in [0.29, 0.717) is 18.1 Å². The molecule has 0 N–H and O–H groups in total. The molecule has 0 saturated heterocycles. The van der Waals surface area contributed by atoms with E-state index in [-0.39, 0.29) is 5.97 Å². The molecule has 0 bridgehead atoms. The van der Waals surface area contributed by atoms with Crippen molar-refractivity contribution in [1.29, 1.82) is 0 Å². The van der Waals surface area contributed by atoms with Gasteiger partial charge < -0.3 is 4.74 Å². The van der Waals surface area contributed by atoms with Crippen molar-refractivity contribution in [3.63, 3.8) is 0 Å². The monoisotopic (exact) mass is 284 g/mol. The third-order valence-electron chi connectivity index (χ3n) is 2.22. The van der Waals surface area contributed by atoms with Gasteiger partial charge in [-0.15, -0.1) is 0 Å². The van der Waals surface area contributed by atoms with Gasteiger partial charge in [0.25, 0.3) is 0 Å². The topological polar surface area (TPSA) is 26.3 Å². The Morgan fingerprint density at radius 1 is 1.44 bits per heavy atom. The zero-order valence-corrected chi connectivity index (χ0v) is 11.3. The number of esters is 1. The second-order valence-electron chi connectivity index (χ2n) is 4.18. The number of carbonyl (C=O) groups is 1. The molecular weight excluding hydrogens is 268 g/mol. The Kier molecular flexibility index (Phi) is 5.53. The Morgan fingerprint density at radius 3 is 2.81 bits per heavy atom. The minimum Gasteiger partial charge on any atom is -0.462 e. The van der Waals surface area contributed by atoms with Crippen LogP contribution in [0.4, 0.5) is 0 Å². The van der Waals surface area contributed by atoms with Crippen molar-refractivity contribution in [3.05, 3.63) is 34.3 Å². The third kappa shape index (κ3) is 4.79. The average Bonchev–Trinajstić information content (AvgIpc) is 2.24. The van der Waals surface area contributed by atoms with Crippen molar-refractivity contribution in [3.8, 4) is 0 Å². The lowest BCUT2D eigenvalue weighted by molar-refractivity contribution is 0.0494. The second kappa shape index (κ2) is 6.69. The molecule has 0 heterocycles. The van der Waals surface area contributed by atoms with Gasteiger partial charge in [-0.2, -0.15) is 0 Å². The van der Waals surface area contributed by atoms with Crippen LogP contribution < -0.4 is 0 Å². The highest BCUT2D eigenvalue weighted by Crippen LogP contribution is 2.13. The Morgan fingerprint density at radius 2 is 2.19 bits per heavy atom. The fourth-order valence-electron chi connectivity index (χ4n) is 1.36. The summed E-state index contributed by atoms with van der Waals surface area (Å²) in [5, 5.41) is 0. The third-order valence-corrected chi connectivity index (χ3v) is 2.71. The molecule has 3 heteroatoms. The molecule has 0 aliphatic heterocycles. The Labute approximate surface area is 105 Å². The summed E-state index contributed by atoms with van der Waals surface area (Å²) in [5.41, 5.74) is 0.596. The zero-order valence-electron chi connectivity index (χ0n) is 9.70. The van der Waals surface area contributed by atoms with Crippen molar-refractivity contribution in [2.24, 2.45) is 5.92 Å². The number of hydrogen-bond acceptors (Lipinski definition) is 2. The molecule has 0 radical (unpaired) electrons. The van der Waals surface area contributed by atoms with E-state index in [2.05, 4.69) is 29.8 Å². The molecule has 0 aromatic heterocycles. The Hall–Kier alpha value is -0.830. The van der Waals surface area contributed by atoms with Crippen LogP contribution in [0.15, 0.2) is 28.7 Å². The van der Waals surface area contributed by atoms with Gasteiger partial charge in [0.1, 0.15) is 0 Å². The minimum atomic E-state index is -0.245. The molecule has 16 heavy (non-hydrogen) atoms. The van der Waals surface area contributed by atoms with Crippen molar-refractivity contribution in [1.82, 2.24) is 0 Å². The first kappa shape index (κ1) is 13.2. The highest BCUT2D eigenvalue weighted by atomic mass is 79.9. The van der Waals surface area contributed by atoms with Crippen LogP contribution in [0.25, 0.3) is 0 Å². The fraction of sp³-hybridized carbons (Fsp3) is 0.462. The molecule has 0 aliphatic carbocycles. The van der Waals surface area contributed by atoms with Gasteiger partial charge in [-0.1, -0.05) is 35.8 Å². The number of benzene rings is 1. The molecule has 1 aromatic rings. The van der Waals surface area contributed by atoms with Crippen molar-refractivity contribution < 1.29 is 9.53 Å². The first-order chi connectivity index (χ1) is 7.59. The number of halogens is 1. The van der Waals surface area contributed by atoms with Crippen molar-refractivity contribution >= 4 is 21.9 Å². The molecule has 1 rings (SSSR count). The summed E-state index contributed by atoms with van der Waals surface area (Å²) in [7, 11) is 0. The van der Waals surface area contributed by atoms with Gasteiger partial charge >= 0.3 is 5.97 Å². The standard InChI is InChI=1S/C13H17BrO2/c1-10(2)5-4-8-16-13(15)11-6-3-7-12(14)9-11/h3,6-7,9-10H,4-5,8H2,1-2H3. The zero-order chi connectivity index (χ0) is 12.0. The number of hydrogen-bond donors (Lipinski definition) is 0. The van der Waals surface area contributed by atoms with Crippen LogP contribution in [0.2, 0.25) is 0 Å². The lowest BCUT2D eigenvalue weighted by Crippen LogP contribution is -2.07. The SMILES string of the molecule is CC(C)CCCOC(=O)c1cccc(Br)c1. The van der Waals surface area contributed by atoms with E-state index < -0.39 is 0 Å². The molecule has 2 nitrogen and oxygen atoms in total. The highest BCUT2D eigenvalue weighted by Gasteiger charge is 2.06. The van der Waals surface area contributed by atoms with Crippen LogP contribution in [0.5, 0.6) is 0 Å². The van der Waals surface area contributed by atoms with Gasteiger partial charge in [0.15, 0.2) is 0 Å². The van der Waals surface area contributed by atoms with E-state index in [1.165, 1.54) is 0 Å². The van der Waals surface area contributed by atoms with Gasteiger partial charge in [0.2, 0.25) is 0 Å².